The van der Waals surface area contributed by atoms with Crippen molar-refractivity contribution < 1.29 is 19.2 Å². The first-order valence-corrected chi connectivity index (χ1v) is 7.21. The zero-order valence-electron chi connectivity index (χ0n) is 12.3. The van der Waals surface area contributed by atoms with E-state index in [4.69, 9.17) is 11.6 Å². The van der Waals surface area contributed by atoms with Crippen LogP contribution in [0, 0.1) is 0 Å². The van der Waals surface area contributed by atoms with Gasteiger partial charge in [-0.2, -0.15) is 0 Å². The number of carbonyl (C=O) groups excluding carboxylic acids is 1. The van der Waals surface area contributed by atoms with Gasteiger partial charge in [-0.15, -0.1) is 0 Å². The highest BCUT2D eigenvalue weighted by molar-refractivity contribution is 6.29. The predicted molar refractivity (Wildman–Crippen MR) is 78.9 cm³/mol. The van der Waals surface area contributed by atoms with Gasteiger partial charge in [0, 0.05) is 23.8 Å². The number of rotatable bonds is 4. The van der Waals surface area contributed by atoms with Gasteiger partial charge in [0.1, 0.15) is 10.8 Å². The maximum Gasteiger partial charge on any atom is 0.340 e. The topological polar surface area (TPSA) is 83.4 Å². The fraction of sp³-hybridized carbons (Fsp3) is 0.200. The highest BCUT2D eigenvalue weighted by atomic mass is 35.5. The van der Waals surface area contributed by atoms with Gasteiger partial charge >= 0.3 is 5.97 Å². The molecule has 0 N–H and O–H groups in total. The van der Waals surface area contributed by atoms with Gasteiger partial charge in [0.2, 0.25) is 6.01 Å². The summed E-state index contributed by atoms with van der Waals surface area (Å²) in [5, 5.41) is 16.4. The average molecular weight is 333 g/mol. The molecule has 23 heavy (non-hydrogen) atoms. The maximum absolute atomic E-state index is 12.0. The molecule has 3 heterocycles. The lowest BCUT2D eigenvalue weighted by Crippen LogP contribution is -2.40. The number of nitrogens with zero attached hydrogens (tertiary/aromatic N) is 4. The van der Waals surface area contributed by atoms with E-state index in [1.54, 1.807) is 18.3 Å². The summed E-state index contributed by atoms with van der Waals surface area (Å²) in [4.78, 5) is 15.5. The number of ether oxygens (including phenoxy) is 1. The van der Waals surface area contributed by atoms with Crippen LogP contribution in [0.25, 0.3) is 5.65 Å². The number of fused-ring (bicyclic) bond motifs is 1. The third-order valence-corrected chi connectivity index (χ3v) is 3.63. The molecule has 0 aliphatic carbocycles. The summed E-state index contributed by atoms with van der Waals surface area (Å²) >= 11 is 5.78. The Balaban J connectivity index is 2.00. The molecule has 0 radical (unpaired) electrons. The van der Waals surface area contributed by atoms with Crippen molar-refractivity contribution in [1.82, 2.24) is 14.6 Å². The van der Waals surface area contributed by atoms with Crippen LogP contribution in [-0.4, -0.2) is 27.7 Å². The highest BCUT2D eigenvalue weighted by Gasteiger charge is 2.19. The Kier molecular flexibility index (Phi) is 4.12. The van der Waals surface area contributed by atoms with Crippen molar-refractivity contribution in [3.05, 3.63) is 52.9 Å². The number of halogens is 1. The second-order valence-corrected chi connectivity index (χ2v) is 5.29. The fourth-order valence-electron chi connectivity index (χ4n) is 2.29. The van der Waals surface area contributed by atoms with Gasteiger partial charge in [-0.1, -0.05) is 28.2 Å². The number of esters is 1. The minimum absolute atomic E-state index is 0.176. The van der Waals surface area contributed by atoms with Gasteiger partial charge in [-0.3, -0.25) is 0 Å². The van der Waals surface area contributed by atoms with Gasteiger partial charge in [-0.05, 0) is 17.7 Å². The summed E-state index contributed by atoms with van der Waals surface area (Å²) < 4.78 is 7.41. The normalized spacial score (nSPS) is 10.9. The smallest absolute Gasteiger partial charge is 0.340 e. The molecule has 7 nitrogen and oxygen atoms in total. The van der Waals surface area contributed by atoms with Crippen LogP contribution in [0.1, 0.15) is 11.3 Å². The molecule has 0 aliphatic rings. The van der Waals surface area contributed by atoms with Crippen molar-refractivity contribution in [3.8, 4) is 6.01 Å². The van der Waals surface area contributed by atoms with E-state index in [-0.39, 0.29) is 6.54 Å². The van der Waals surface area contributed by atoms with Crippen LogP contribution in [0.5, 0.6) is 6.01 Å². The summed E-state index contributed by atoms with van der Waals surface area (Å²) in [5.41, 5.74) is 2.26. The molecular formula is C15H13ClN4O3. The van der Waals surface area contributed by atoms with Gasteiger partial charge < -0.3 is 9.84 Å². The molecule has 0 bridgehead atoms. The zero-order valence-corrected chi connectivity index (χ0v) is 13.0. The van der Waals surface area contributed by atoms with Crippen LogP contribution in [0.3, 0.4) is 0 Å². The van der Waals surface area contributed by atoms with E-state index in [0.717, 1.165) is 11.3 Å². The molecule has 0 amide bonds. The Morgan fingerprint density at radius 2 is 2.22 bits per heavy atom. The van der Waals surface area contributed by atoms with Crippen LogP contribution in [-0.2, 0) is 22.5 Å². The minimum atomic E-state index is -0.505. The Morgan fingerprint density at radius 1 is 1.39 bits per heavy atom. The molecule has 0 atom stereocenters. The number of carbonyl (C=O) groups is 1. The number of aromatic nitrogens is 4. The molecule has 3 aromatic rings. The Bertz CT molecular complexity index is 861. The lowest BCUT2D eigenvalue weighted by molar-refractivity contribution is -0.705. The molecule has 118 valence electrons. The lowest BCUT2D eigenvalue weighted by atomic mass is 10.1. The van der Waals surface area contributed by atoms with Gasteiger partial charge in [0.05, 0.1) is 7.11 Å². The largest absolute Gasteiger partial charge is 0.818 e. The molecule has 0 saturated carbocycles. The van der Waals surface area contributed by atoms with Crippen LogP contribution >= 0.6 is 11.6 Å². The second-order valence-electron chi connectivity index (χ2n) is 4.90. The van der Waals surface area contributed by atoms with E-state index >= 15 is 0 Å². The van der Waals surface area contributed by atoms with E-state index < -0.39 is 12.0 Å². The van der Waals surface area contributed by atoms with Crippen molar-refractivity contribution in [2.45, 2.75) is 13.0 Å². The lowest BCUT2D eigenvalue weighted by Gasteiger charge is -2.02. The zero-order chi connectivity index (χ0) is 16.4. The van der Waals surface area contributed by atoms with Crippen LogP contribution < -0.4 is 9.67 Å². The molecule has 0 saturated heterocycles. The van der Waals surface area contributed by atoms with Crippen molar-refractivity contribution in [2.75, 3.05) is 7.11 Å². The molecule has 3 rings (SSSR count). The van der Waals surface area contributed by atoms with Crippen LogP contribution in [0.15, 0.2) is 36.5 Å². The van der Waals surface area contributed by atoms with E-state index in [0.29, 0.717) is 17.2 Å². The van der Waals surface area contributed by atoms with Gasteiger partial charge in [0.25, 0.3) is 5.65 Å². The molecule has 0 aromatic carbocycles. The standard InChI is InChI=1S/C15H13ClN4O3/c1-23-14(21)9-19-13-4-2-3-11(20(13)18-15(19)22)7-10-5-6-12(16)17-8-10/h2-6,8H,7,9H2,1H3. The van der Waals surface area contributed by atoms with E-state index in [1.165, 1.54) is 16.2 Å². The van der Waals surface area contributed by atoms with Crippen molar-refractivity contribution in [2.24, 2.45) is 0 Å². The minimum Gasteiger partial charge on any atom is -0.818 e. The molecule has 8 heteroatoms. The van der Waals surface area contributed by atoms with Gasteiger partial charge in [0.15, 0.2) is 6.54 Å². The van der Waals surface area contributed by atoms with Crippen molar-refractivity contribution in [3.63, 3.8) is 0 Å². The Labute approximate surface area is 136 Å². The third kappa shape index (κ3) is 3.09. The quantitative estimate of drug-likeness (QED) is 0.395. The second kappa shape index (κ2) is 6.21. The first-order chi connectivity index (χ1) is 11.1. The SMILES string of the molecule is COC(=O)C[n+]1c([O-])nn2c(Cc3ccc(Cl)nc3)cccc21. The van der Waals surface area contributed by atoms with E-state index in [1.807, 2.05) is 18.2 Å². The summed E-state index contributed by atoms with van der Waals surface area (Å²) in [7, 11) is 1.28. The van der Waals surface area contributed by atoms with Crippen molar-refractivity contribution in [1.29, 1.82) is 0 Å². The number of methoxy groups -OCH3 is 1. The molecule has 0 aliphatic heterocycles. The summed E-state index contributed by atoms with van der Waals surface area (Å²) in [6.07, 6.45) is 2.20. The van der Waals surface area contributed by atoms with E-state index in [9.17, 15) is 9.90 Å². The maximum atomic E-state index is 12.0. The number of hydrogen-bond acceptors (Lipinski definition) is 5. The first kappa shape index (κ1) is 15.2. The van der Waals surface area contributed by atoms with Crippen LogP contribution in [0.4, 0.5) is 0 Å². The highest BCUT2D eigenvalue weighted by Crippen LogP contribution is 2.13. The fourth-order valence-corrected chi connectivity index (χ4v) is 2.40. The Morgan fingerprint density at radius 3 is 2.91 bits per heavy atom. The molecule has 0 unspecified atom stereocenters. The first-order valence-electron chi connectivity index (χ1n) is 6.83. The monoisotopic (exact) mass is 332 g/mol. The molecule has 0 fully saturated rings. The molecule has 3 aromatic heterocycles. The third-order valence-electron chi connectivity index (χ3n) is 3.40. The van der Waals surface area contributed by atoms with E-state index in [2.05, 4.69) is 14.8 Å². The summed E-state index contributed by atoms with van der Waals surface area (Å²) in [6.45, 7) is -0.176. The van der Waals surface area contributed by atoms with Gasteiger partial charge in [-0.25, -0.2) is 14.3 Å². The summed E-state index contributed by atoms with van der Waals surface area (Å²) in [6, 6.07) is 8.45. The van der Waals surface area contributed by atoms with Crippen LogP contribution in [0.2, 0.25) is 5.15 Å². The Hall–Kier alpha value is -2.67. The summed E-state index contributed by atoms with van der Waals surface area (Å²) in [5.74, 6) is -0.505. The number of pyridine rings is 2. The molecule has 0 spiro atoms. The number of hydrogen-bond donors (Lipinski definition) is 0. The van der Waals surface area contributed by atoms with Crippen molar-refractivity contribution >= 4 is 23.2 Å². The average Bonchev–Trinajstić information content (AvgIpc) is 2.87. The molecular weight excluding hydrogens is 320 g/mol. The predicted octanol–water partition coefficient (Wildman–Crippen LogP) is 0.508.